The Morgan fingerprint density at radius 3 is 2.36 bits per heavy atom. The zero-order valence-electron chi connectivity index (χ0n) is 15.7. The lowest BCUT2D eigenvalue weighted by molar-refractivity contribution is -0.385. The molecule has 0 unspecified atom stereocenters. The van der Waals surface area contributed by atoms with E-state index in [4.69, 9.17) is 0 Å². The molecule has 2 aromatic rings. The molecule has 1 amide bonds. The highest BCUT2D eigenvalue weighted by atomic mass is 32.2. The molecule has 0 saturated carbocycles. The monoisotopic (exact) mass is 403 g/mol. The second kappa shape index (κ2) is 7.69. The smallest absolute Gasteiger partial charge is 0.270 e. The summed E-state index contributed by atoms with van der Waals surface area (Å²) in [5.41, 5.74) is 2.21. The Bertz CT molecular complexity index is 1030. The molecule has 148 valence electrons. The number of hydrogen-bond acceptors (Lipinski definition) is 5. The predicted molar refractivity (Wildman–Crippen MR) is 104 cm³/mol. The number of amides is 1. The fraction of sp³-hybridized carbons (Fsp3) is 0.316. The van der Waals surface area contributed by atoms with Crippen LogP contribution in [0, 0.1) is 24.0 Å². The summed E-state index contributed by atoms with van der Waals surface area (Å²) in [7, 11) is -3.86. The number of carbonyl (C=O) groups excluding carboxylic acids is 1. The quantitative estimate of drug-likeness (QED) is 0.576. The molecule has 9 heteroatoms. The van der Waals surface area contributed by atoms with Gasteiger partial charge in [-0.15, -0.1) is 0 Å². The molecule has 0 aliphatic carbocycles. The van der Waals surface area contributed by atoms with Gasteiger partial charge in [0.05, 0.1) is 9.82 Å². The highest BCUT2D eigenvalue weighted by Gasteiger charge is 2.31. The van der Waals surface area contributed by atoms with E-state index in [2.05, 4.69) is 0 Å². The summed E-state index contributed by atoms with van der Waals surface area (Å²) >= 11 is 0. The number of aryl methyl sites for hydroxylation is 2. The predicted octanol–water partition coefficient (Wildman–Crippen LogP) is 2.36. The van der Waals surface area contributed by atoms with E-state index in [9.17, 15) is 23.3 Å². The van der Waals surface area contributed by atoms with Crippen molar-refractivity contribution in [2.75, 3.05) is 26.2 Å². The first kappa shape index (κ1) is 20.0. The van der Waals surface area contributed by atoms with E-state index in [0.29, 0.717) is 5.56 Å². The Labute approximate surface area is 163 Å². The zero-order valence-corrected chi connectivity index (χ0v) is 16.5. The first-order valence-electron chi connectivity index (χ1n) is 8.81. The van der Waals surface area contributed by atoms with Crippen molar-refractivity contribution in [3.8, 4) is 0 Å². The van der Waals surface area contributed by atoms with E-state index >= 15 is 0 Å². The van der Waals surface area contributed by atoms with Crippen LogP contribution < -0.4 is 0 Å². The van der Waals surface area contributed by atoms with Gasteiger partial charge < -0.3 is 4.90 Å². The van der Waals surface area contributed by atoms with Crippen molar-refractivity contribution in [3.63, 3.8) is 0 Å². The number of rotatable bonds is 4. The Balaban J connectivity index is 1.74. The minimum absolute atomic E-state index is 0.115. The first-order chi connectivity index (χ1) is 13.2. The van der Waals surface area contributed by atoms with E-state index in [1.165, 1.54) is 22.5 Å². The molecule has 28 heavy (non-hydrogen) atoms. The third-order valence-electron chi connectivity index (χ3n) is 4.82. The summed E-state index contributed by atoms with van der Waals surface area (Å²) in [5, 5.41) is 10.9. The average Bonchev–Trinajstić information content (AvgIpc) is 2.69. The lowest BCUT2D eigenvalue weighted by Gasteiger charge is -2.34. The summed E-state index contributed by atoms with van der Waals surface area (Å²) in [6.45, 7) is 4.60. The number of benzene rings is 2. The molecule has 0 atom stereocenters. The maximum atomic E-state index is 12.8. The molecule has 1 saturated heterocycles. The number of sulfonamides is 1. The van der Waals surface area contributed by atoms with Crippen LogP contribution >= 0.6 is 0 Å². The van der Waals surface area contributed by atoms with Gasteiger partial charge in [0.25, 0.3) is 11.6 Å². The van der Waals surface area contributed by atoms with Crippen molar-refractivity contribution in [2.45, 2.75) is 18.7 Å². The van der Waals surface area contributed by atoms with Gasteiger partial charge in [0.1, 0.15) is 0 Å². The Morgan fingerprint density at radius 2 is 1.71 bits per heavy atom. The fourth-order valence-electron chi connectivity index (χ4n) is 3.17. The third-order valence-corrected chi connectivity index (χ3v) is 6.71. The summed E-state index contributed by atoms with van der Waals surface area (Å²) in [5.74, 6) is -0.117. The molecule has 0 bridgehead atoms. The van der Waals surface area contributed by atoms with Crippen LogP contribution in [0.1, 0.15) is 21.5 Å². The Morgan fingerprint density at radius 1 is 1.04 bits per heavy atom. The maximum absolute atomic E-state index is 12.8. The molecule has 0 aromatic heterocycles. The van der Waals surface area contributed by atoms with Gasteiger partial charge in [-0.3, -0.25) is 14.9 Å². The lowest BCUT2D eigenvalue weighted by Crippen LogP contribution is -2.50. The summed E-state index contributed by atoms with van der Waals surface area (Å²) in [6, 6.07) is 10.7. The van der Waals surface area contributed by atoms with Crippen LogP contribution in [0.5, 0.6) is 0 Å². The highest BCUT2D eigenvalue weighted by molar-refractivity contribution is 7.89. The van der Waals surface area contributed by atoms with Crippen LogP contribution in [0.25, 0.3) is 0 Å². The number of piperazine rings is 1. The normalized spacial score (nSPS) is 15.4. The van der Waals surface area contributed by atoms with Gasteiger partial charge in [0.2, 0.25) is 10.0 Å². The molecule has 0 radical (unpaired) electrons. The second-order valence-electron chi connectivity index (χ2n) is 6.77. The van der Waals surface area contributed by atoms with E-state index in [-0.39, 0.29) is 42.7 Å². The van der Waals surface area contributed by atoms with Gasteiger partial charge in [0, 0.05) is 43.9 Å². The molecule has 8 nitrogen and oxygen atoms in total. The molecule has 2 aromatic carbocycles. The SMILES string of the molecule is Cc1ccc(C)c(C(=O)N2CCN(S(=O)(=O)c3cccc([N+](=O)[O-])c3)CC2)c1. The van der Waals surface area contributed by atoms with Crippen molar-refractivity contribution in [3.05, 3.63) is 69.3 Å². The van der Waals surface area contributed by atoms with Crippen LogP contribution in [-0.2, 0) is 10.0 Å². The minimum atomic E-state index is -3.86. The molecular weight excluding hydrogens is 382 g/mol. The van der Waals surface area contributed by atoms with Gasteiger partial charge in [0.15, 0.2) is 0 Å². The number of nitro benzene ring substituents is 1. The molecule has 1 aliphatic rings. The van der Waals surface area contributed by atoms with Crippen LogP contribution in [0.3, 0.4) is 0 Å². The van der Waals surface area contributed by atoms with Crippen molar-refractivity contribution in [2.24, 2.45) is 0 Å². The summed E-state index contributed by atoms with van der Waals surface area (Å²) < 4.78 is 26.9. The third kappa shape index (κ3) is 3.90. The van der Waals surface area contributed by atoms with Crippen molar-refractivity contribution in [1.82, 2.24) is 9.21 Å². The molecule has 1 fully saturated rings. The van der Waals surface area contributed by atoms with Crippen LogP contribution in [0.2, 0.25) is 0 Å². The van der Waals surface area contributed by atoms with Gasteiger partial charge >= 0.3 is 0 Å². The standard InChI is InChI=1S/C19H21N3O5S/c1-14-6-7-15(2)18(12-14)19(23)20-8-10-21(11-9-20)28(26,27)17-5-3-4-16(13-17)22(24)25/h3-7,12-13H,8-11H2,1-2H3. The number of carbonyl (C=O) groups is 1. The Kier molecular flexibility index (Phi) is 5.48. The molecular formula is C19H21N3O5S. The number of nitrogens with zero attached hydrogens (tertiary/aromatic N) is 3. The molecule has 3 rings (SSSR count). The van der Waals surface area contributed by atoms with Crippen molar-refractivity contribution >= 4 is 21.6 Å². The molecule has 0 N–H and O–H groups in total. The largest absolute Gasteiger partial charge is 0.336 e. The molecule has 1 heterocycles. The van der Waals surface area contributed by atoms with E-state index in [1.807, 2.05) is 32.0 Å². The van der Waals surface area contributed by atoms with Crippen molar-refractivity contribution < 1.29 is 18.1 Å². The zero-order chi connectivity index (χ0) is 20.5. The number of nitro groups is 1. The average molecular weight is 403 g/mol. The van der Waals surface area contributed by atoms with Crippen LogP contribution in [0.15, 0.2) is 47.4 Å². The van der Waals surface area contributed by atoms with Gasteiger partial charge in [-0.2, -0.15) is 4.31 Å². The van der Waals surface area contributed by atoms with E-state index < -0.39 is 14.9 Å². The number of hydrogen-bond donors (Lipinski definition) is 0. The second-order valence-corrected chi connectivity index (χ2v) is 8.71. The van der Waals surface area contributed by atoms with Crippen LogP contribution in [-0.4, -0.2) is 54.6 Å². The maximum Gasteiger partial charge on any atom is 0.270 e. The van der Waals surface area contributed by atoms with E-state index in [1.54, 1.807) is 4.90 Å². The van der Waals surface area contributed by atoms with E-state index in [0.717, 1.165) is 17.2 Å². The summed E-state index contributed by atoms with van der Waals surface area (Å²) in [6.07, 6.45) is 0. The van der Waals surface area contributed by atoms with Gasteiger partial charge in [-0.05, 0) is 31.5 Å². The first-order valence-corrected chi connectivity index (χ1v) is 10.3. The molecule has 1 aliphatic heterocycles. The Hall–Kier alpha value is -2.78. The lowest BCUT2D eigenvalue weighted by atomic mass is 10.0. The molecule has 0 spiro atoms. The van der Waals surface area contributed by atoms with Crippen molar-refractivity contribution in [1.29, 1.82) is 0 Å². The topological polar surface area (TPSA) is 101 Å². The van der Waals surface area contributed by atoms with Gasteiger partial charge in [-0.25, -0.2) is 8.42 Å². The minimum Gasteiger partial charge on any atom is -0.336 e. The van der Waals surface area contributed by atoms with Gasteiger partial charge in [-0.1, -0.05) is 23.8 Å². The highest BCUT2D eigenvalue weighted by Crippen LogP contribution is 2.23. The van der Waals surface area contributed by atoms with Crippen LogP contribution in [0.4, 0.5) is 5.69 Å². The summed E-state index contributed by atoms with van der Waals surface area (Å²) in [4.78, 5) is 24.6. The number of non-ortho nitro benzene ring substituents is 1. The fourth-order valence-corrected chi connectivity index (χ4v) is 4.64.